The lowest BCUT2D eigenvalue weighted by molar-refractivity contribution is 0.294. The third kappa shape index (κ3) is 6.65. The van der Waals surface area contributed by atoms with Crippen LogP contribution in [0.25, 0.3) is 0 Å². The fourth-order valence-corrected chi connectivity index (χ4v) is 3.87. The van der Waals surface area contributed by atoms with Crippen molar-refractivity contribution in [1.29, 1.82) is 0 Å². The highest BCUT2D eigenvalue weighted by atomic mass is 35.5. The normalized spacial score (nSPS) is 26.7. The molecule has 21 heavy (non-hydrogen) atoms. The molecule has 0 nitrogen and oxygen atoms in total. The maximum Gasteiger partial charge on any atom is 0.0376 e. The predicted octanol–water partition coefficient (Wildman–Crippen LogP) is 6.68. The molecule has 1 aliphatic rings. The number of rotatable bonds is 8. The van der Waals surface area contributed by atoms with Gasteiger partial charge in [0.1, 0.15) is 0 Å². The van der Waals surface area contributed by atoms with E-state index in [1.807, 2.05) is 11.8 Å². The molecule has 0 aliphatic heterocycles. The van der Waals surface area contributed by atoms with E-state index in [-0.39, 0.29) is 5.38 Å². The van der Waals surface area contributed by atoms with Gasteiger partial charge in [-0.3, -0.25) is 0 Å². The minimum absolute atomic E-state index is 0.210. The number of allylic oxidation sites excluding steroid dienone is 6. The average Bonchev–Trinajstić information content (AvgIpc) is 2.45. The Morgan fingerprint density at radius 3 is 2.48 bits per heavy atom. The molecule has 0 fully saturated rings. The van der Waals surface area contributed by atoms with Gasteiger partial charge in [-0.05, 0) is 61.0 Å². The molecule has 0 saturated carbocycles. The van der Waals surface area contributed by atoms with Gasteiger partial charge >= 0.3 is 0 Å². The topological polar surface area (TPSA) is 0 Å². The predicted molar refractivity (Wildman–Crippen MR) is 100 cm³/mol. The van der Waals surface area contributed by atoms with Crippen LogP contribution in [0.3, 0.4) is 0 Å². The quantitative estimate of drug-likeness (QED) is 0.448. The minimum atomic E-state index is 0.210. The fourth-order valence-electron chi connectivity index (χ4n) is 2.93. The molecule has 0 saturated heterocycles. The van der Waals surface area contributed by atoms with E-state index in [0.717, 1.165) is 11.8 Å². The van der Waals surface area contributed by atoms with Crippen LogP contribution >= 0.6 is 23.4 Å². The van der Waals surface area contributed by atoms with Gasteiger partial charge in [-0.1, -0.05) is 51.2 Å². The van der Waals surface area contributed by atoms with Crippen LogP contribution in [0.15, 0.2) is 35.3 Å². The summed E-state index contributed by atoms with van der Waals surface area (Å²) in [5, 5.41) is 0.210. The molecule has 0 radical (unpaired) electrons. The lowest BCUT2D eigenvalue weighted by atomic mass is 9.77. The molecule has 0 N–H and O–H groups in total. The van der Waals surface area contributed by atoms with Crippen molar-refractivity contribution in [3.63, 3.8) is 0 Å². The van der Waals surface area contributed by atoms with Gasteiger partial charge in [0.2, 0.25) is 0 Å². The van der Waals surface area contributed by atoms with E-state index < -0.39 is 0 Å². The zero-order chi connectivity index (χ0) is 15.8. The molecule has 2 heteroatoms. The second-order valence-corrected chi connectivity index (χ2v) is 8.56. The minimum Gasteiger partial charge on any atom is -0.132 e. The van der Waals surface area contributed by atoms with Gasteiger partial charge in [0, 0.05) is 5.38 Å². The molecule has 0 spiro atoms. The summed E-state index contributed by atoms with van der Waals surface area (Å²) >= 11 is 8.30. The van der Waals surface area contributed by atoms with Crippen molar-refractivity contribution in [2.24, 2.45) is 23.7 Å². The van der Waals surface area contributed by atoms with E-state index in [2.05, 4.69) is 65.0 Å². The Morgan fingerprint density at radius 1 is 1.19 bits per heavy atom. The largest absolute Gasteiger partial charge is 0.132 e. The third-order valence-electron chi connectivity index (χ3n) is 4.59. The molecule has 1 rings (SSSR count). The Balaban J connectivity index is 2.51. The first kappa shape index (κ1) is 18.9. The molecule has 0 bridgehead atoms. The molecule has 5 atom stereocenters. The maximum absolute atomic E-state index is 6.35. The maximum atomic E-state index is 6.35. The van der Waals surface area contributed by atoms with Gasteiger partial charge in [-0.2, -0.15) is 0 Å². The molecule has 1 aliphatic carbocycles. The zero-order valence-electron chi connectivity index (χ0n) is 14.2. The molecule has 0 aromatic heterocycles. The van der Waals surface area contributed by atoms with Crippen LogP contribution in [-0.4, -0.2) is 11.1 Å². The lowest BCUT2D eigenvalue weighted by Gasteiger charge is -2.30. The molecule has 120 valence electrons. The molecular weight excluding hydrogens is 296 g/mol. The fraction of sp³-hybridized carbons (Fsp3) is 0.684. The van der Waals surface area contributed by atoms with Gasteiger partial charge in [0.05, 0.1) is 0 Å². The van der Waals surface area contributed by atoms with Gasteiger partial charge in [0.15, 0.2) is 0 Å². The highest BCUT2D eigenvalue weighted by Crippen LogP contribution is 2.34. The van der Waals surface area contributed by atoms with E-state index in [1.165, 1.54) is 23.5 Å². The highest BCUT2D eigenvalue weighted by molar-refractivity contribution is 8.03. The number of hydrogen-bond acceptors (Lipinski definition) is 1. The lowest BCUT2D eigenvalue weighted by Crippen LogP contribution is -2.24. The first-order chi connectivity index (χ1) is 9.95. The van der Waals surface area contributed by atoms with Crippen molar-refractivity contribution in [1.82, 2.24) is 0 Å². The highest BCUT2D eigenvalue weighted by Gasteiger charge is 2.26. The van der Waals surface area contributed by atoms with Crippen LogP contribution in [0.2, 0.25) is 0 Å². The first-order valence-electron chi connectivity index (χ1n) is 8.24. The van der Waals surface area contributed by atoms with Crippen LogP contribution in [0.5, 0.6) is 0 Å². The molecule has 3 unspecified atom stereocenters. The third-order valence-corrected chi connectivity index (χ3v) is 5.79. The summed E-state index contributed by atoms with van der Waals surface area (Å²) in [5.41, 5.74) is 0. The van der Waals surface area contributed by atoms with Crippen molar-refractivity contribution in [3.05, 3.63) is 35.3 Å². The van der Waals surface area contributed by atoms with Crippen LogP contribution in [0.1, 0.15) is 47.5 Å². The zero-order valence-corrected chi connectivity index (χ0v) is 15.8. The van der Waals surface area contributed by atoms with Crippen LogP contribution in [0.4, 0.5) is 0 Å². The molecule has 0 aromatic rings. The van der Waals surface area contributed by atoms with Crippen molar-refractivity contribution in [3.8, 4) is 0 Å². The summed E-state index contributed by atoms with van der Waals surface area (Å²) in [6.45, 7) is 11.3. The smallest absolute Gasteiger partial charge is 0.0376 e. The van der Waals surface area contributed by atoms with Crippen molar-refractivity contribution in [2.45, 2.75) is 52.8 Å². The molecular formula is C19H31ClS. The van der Waals surface area contributed by atoms with Crippen molar-refractivity contribution in [2.75, 3.05) is 5.75 Å². The van der Waals surface area contributed by atoms with Crippen molar-refractivity contribution < 1.29 is 0 Å². The monoisotopic (exact) mass is 326 g/mol. The second-order valence-electron chi connectivity index (χ2n) is 6.36. The summed E-state index contributed by atoms with van der Waals surface area (Å²) in [6, 6.07) is 0. The van der Waals surface area contributed by atoms with Crippen LogP contribution in [-0.2, 0) is 0 Å². The molecule has 0 aromatic carbocycles. The Hall–Kier alpha value is -0.140. The summed E-state index contributed by atoms with van der Waals surface area (Å²) in [6.07, 6.45) is 13.8. The number of thioether (sulfide) groups is 1. The standard InChI is InChI=1S/C19H31ClS/c1-6-21-16(4)12-11-14(2)15(3)13-18-9-7-8-10-19(18)17(5)20/h7-10,12,14-15,17-19H,6,11,13H2,1-5H3/b16-12+/t14?,15-,17?,18+,19?/m1/s1. The average molecular weight is 327 g/mol. The van der Waals surface area contributed by atoms with Crippen molar-refractivity contribution >= 4 is 23.4 Å². The number of alkyl halides is 1. The Labute approximate surface area is 141 Å². The SMILES string of the molecule is CCS/C(C)=C/CC(C)[C@H](C)C[C@@H]1C=CC=CC1C(C)Cl. The van der Waals surface area contributed by atoms with Gasteiger partial charge in [0.25, 0.3) is 0 Å². The van der Waals surface area contributed by atoms with Gasteiger partial charge in [-0.15, -0.1) is 23.4 Å². The second kappa shape index (κ2) is 9.79. The van der Waals surface area contributed by atoms with E-state index >= 15 is 0 Å². The summed E-state index contributed by atoms with van der Waals surface area (Å²) in [5.74, 6) is 3.69. The van der Waals surface area contributed by atoms with Crippen LogP contribution in [0, 0.1) is 23.7 Å². The van der Waals surface area contributed by atoms with E-state index in [9.17, 15) is 0 Å². The van der Waals surface area contributed by atoms with Gasteiger partial charge in [-0.25, -0.2) is 0 Å². The summed E-state index contributed by atoms with van der Waals surface area (Å²) in [7, 11) is 0. The van der Waals surface area contributed by atoms with Gasteiger partial charge < -0.3 is 0 Å². The number of halogens is 1. The Morgan fingerprint density at radius 2 is 1.86 bits per heavy atom. The Kier molecular flexibility index (Phi) is 8.82. The Bertz CT molecular complexity index is 381. The number of hydrogen-bond donors (Lipinski definition) is 0. The molecule has 0 amide bonds. The van der Waals surface area contributed by atoms with E-state index in [4.69, 9.17) is 11.6 Å². The first-order valence-corrected chi connectivity index (χ1v) is 9.66. The summed E-state index contributed by atoms with van der Waals surface area (Å²) in [4.78, 5) is 1.46. The van der Waals surface area contributed by atoms with E-state index in [0.29, 0.717) is 11.8 Å². The summed E-state index contributed by atoms with van der Waals surface area (Å²) < 4.78 is 0. The van der Waals surface area contributed by atoms with E-state index in [1.54, 1.807) is 0 Å². The molecule has 0 heterocycles. The van der Waals surface area contributed by atoms with Crippen LogP contribution < -0.4 is 0 Å².